The Hall–Kier alpha value is -3.38. The van der Waals surface area contributed by atoms with Crippen LogP contribution in [-0.4, -0.2) is 0 Å². The molecule has 0 radical (unpaired) electrons. The van der Waals surface area contributed by atoms with E-state index < -0.39 is 0 Å². The fourth-order valence-electron chi connectivity index (χ4n) is 5.48. The number of hydrogen-bond donors (Lipinski definition) is 0. The smallest absolute Gasteiger partial charge is 0.0343 e. The molecule has 0 N–H and O–H groups in total. The van der Waals surface area contributed by atoms with Gasteiger partial charge in [-0.15, -0.1) is 0 Å². The highest BCUT2D eigenvalue weighted by Gasteiger charge is 2.35. The number of benzene rings is 3. The monoisotopic (exact) mass is 414 g/mol. The van der Waals surface area contributed by atoms with E-state index >= 15 is 0 Å². The molecule has 32 heavy (non-hydrogen) atoms. The first-order valence-electron chi connectivity index (χ1n) is 11.5. The van der Waals surface area contributed by atoms with Gasteiger partial charge in [0.1, 0.15) is 0 Å². The molecule has 0 amide bonds. The molecule has 0 heteroatoms. The maximum absolute atomic E-state index is 4.57. The van der Waals surface area contributed by atoms with E-state index in [0.717, 1.165) is 0 Å². The van der Waals surface area contributed by atoms with Gasteiger partial charge in [-0.05, 0) is 94.1 Å². The Bertz CT molecular complexity index is 1310. The van der Waals surface area contributed by atoms with Crippen molar-refractivity contribution in [2.45, 2.75) is 33.6 Å². The van der Waals surface area contributed by atoms with E-state index in [1.165, 1.54) is 66.8 Å². The van der Waals surface area contributed by atoms with Crippen molar-refractivity contribution >= 4 is 22.3 Å². The van der Waals surface area contributed by atoms with Crippen LogP contribution < -0.4 is 0 Å². The van der Waals surface area contributed by atoms with Gasteiger partial charge in [-0.3, -0.25) is 0 Å². The molecule has 0 aliphatic heterocycles. The van der Waals surface area contributed by atoms with Crippen LogP contribution in [0.4, 0.5) is 0 Å². The van der Waals surface area contributed by atoms with Gasteiger partial charge in [0.25, 0.3) is 0 Å². The Labute approximate surface area is 192 Å². The van der Waals surface area contributed by atoms with Gasteiger partial charge >= 0.3 is 0 Å². The van der Waals surface area contributed by atoms with Crippen molar-refractivity contribution in [3.05, 3.63) is 119 Å². The zero-order chi connectivity index (χ0) is 22.6. The van der Waals surface area contributed by atoms with Crippen molar-refractivity contribution in [2.75, 3.05) is 0 Å². The number of rotatable bonds is 2. The summed E-state index contributed by atoms with van der Waals surface area (Å²) in [7, 11) is 0. The molecular formula is C32H30. The summed E-state index contributed by atoms with van der Waals surface area (Å²) in [5.74, 6) is 0.578. The third kappa shape index (κ3) is 2.98. The highest BCUT2D eigenvalue weighted by atomic mass is 14.4. The van der Waals surface area contributed by atoms with Crippen molar-refractivity contribution in [2.24, 2.45) is 5.92 Å². The van der Waals surface area contributed by atoms with Crippen molar-refractivity contribution < 1.29 is 0 Å². The molecule has 0 spiro atoms. The third-order valence-corrected chi connectivity index (χ3v) is 7.37. The molecule has 5 rings (SSSR count). The van der Waals surface area contributed by atoms with Gasteiger partial charge in [0.2, 0.25) is 0 Å². The molecular weight excluding hydrogens is 384 g/mol. The Morgan fingerprint density at radius 3 is 1.75 bits per heavy atom. The molecule has 158 valence electrons. The van der Waals surface area contributed by atoms with Crippen LogP contribution >= 0.6 is 0 Å². The fraction of sp³-hybridized carbons (Fsp3) is 0.188. The minimum atomic E-state index is 0.198. The van der Waals surface area contributed by atoms with Gasteiger partial charge in [0.15, 0.2) is 0 Å². The first kappa shape index (κ1) is 20.5. The molecule has 2 aliphatic rings. The number of aryl methyl sites for hydroxylation is 1. The summed E-state index contributed by atoms with van der Waals surface area (Å²) in [6.45, 7) is 17.6. The highest BCUT2D eigenvalue weighted by Crippen LogP contribution is 2.54. The predicted octanol–water partition coefficient (Wildman–Crippen LogP) is 8.94. The SMILES string of the molecule is C=C1c2cc3c(cc2/C(=C\C)C1C)/C(=C/C)C(c1ccc(-c2ccc(C)cc2)cc1)C3=C. The Morgan fingerprint density at radius 1 is 0.656 bits per heavy atom. The summed E-state index contributed by atoms with van der Waals surface area (Å²) in [5.41, 5.74) is 15.5. The van der Waals surface area contributed by atoms with Gasteiger partial charge in [-0.25, -0.2) is 0 Å². The average Bonchev–Trinajstić information content (AvgIpc) is 3.22. The maximum atomic E-state index is 4.57. The lowest BCUT2D eigenvalue weighted by Gasteiger charge is -2.15. The van der Waals surface area contributed by atoms with E-state index in [1.807, 2.05) is 0 Å². The van der Waals surface area contributed by atoms with Crippen LogP contribution in [0.2, 0.25) is 0 Å². The molecule has 0 aromatic heterocycles. The van der Waals surface area contributed by atoms with E-state index in [-0.39, 0.29) is 5.92 Å². The van der Waals surface area contributed by atoms with Gasteiger partial charge in [0, 0.05) is 11.8 Å². The zero-order valence-electron chi connectivity index (χ0n) is 19.5. The number of allylic oxidation sites excluding steroid dienone is 6. The van der Waals surface area contributed by atoms with Crippen LogP contribution in [0.25, 0.3) is 33.4 Å². The summed E-state index contributed by atoms with van der Waals surface area (Å²) >= 11 is 0. The fourth-order valence-corrected chi connectivity index (χ4v) is 5.48. The highest BCUT2D eigenvalue weighted by molar-refractivity contribution is 6.03. The normalized spacial score (nSPS) is 22.0. The van der Waals surface area contributed by atoms with Crippen LogP contribution in [0.3, 0.4) is 0 Å². The van der Waals surface area contributed by atoms with Crippen molar-refractivity contribution in [3.63, 3.8) is 0 Å². The lowest BCUT2D eigenvalue weighted by atomic mass is 9.88. The lowest BCUT2D eigenvalue weighted by molar-refractivity contribution is 1.02. The molecule has 0 bridgehead atoms. The molecule has 3 aromatic carbocycles. The predicted molar refractivity (Wildman–Crippen MR) is 140 cm³/mol. The van der Waals surface area contributed by atoms with Gasteiger partial charge in [0.05, 0.1) is 0 Å². The summed E-state index contributed by atoms with van der Waals surface area (Å²) in [4.78, 5) is 0. The quantitative estimate of drug-likeness (QED) is 0.392. The summed E-state index contributed by atoms with van der Waals surface area (Å²) < 4.78 is 0. The van der Waals surface area contributed by atoms with Gasteiger partial charge in [-0.2, -0.15) is 0 Å². The van der Waals surface area contributed by atoms with Crippen molar-refractivity contribution in [1.29, 1.82) is 0 Å². The van der Waals surface area contributed by atoms with Crippen molar-refractivity contribution in [1.82, 2.24) is 0 Å². The number of fused-ring (bicyclic) bond motifs is 2. The zero-order valence-corrected chi connectivity index (χ0v) is 19.5. The topological polar surface area (TPSA) is 0 Å². The minimum absolute atomic E-state index is 0.198. The third-order valence-electron chi connectivity index (χ3n) is 7.37. The summed E-state index contributed by atoms with van der Waals surface area (Å²) in [5, 5.41) is 0. The second-order valence-electron chi connectivity index (χ2n) is 9.12. The molecule has 2 aliphatic carbocycles. The molecule has 3 aromatic rings. The van der Waals surface area contributed by atoms with E-state index in [9.17, 15) is 0 Å². The molecule has 0 heterocycles. The minimum Gasteiger partial charge on any atom is -0.0946 e. The summed E-state index contributed by atoms with van der Waals surface area (Å²) in [6.07, 6.45) is 4.51. The van der Waals surface area contributed by atoms with Crippen LogP contribution in [-0.2, 0) is 0 Å². The van der Waals surface area contributed by atoms with Crippen LogP contribution in [0.15, 0.2) is 86.0 Å². The number of hydrogen-bond acceptors (Lipinski definition) is 0. The average molecular weight is 415 g/mol. The van der Waals surface area contributed by atoms with Crippen molar-refractivity contribution in [3.8, 4) is 11.1 Å². The van der Waals surface area contributed by atoms with E-state index in [2.05, 4.69) is 114 Å². The van der Waals surface area contributed by atoms with Crippen LogP contribution in [0, 0.1) is 12.8 Å². The first-order valence-corrected chi connectivity index (χ1v) is 11.5. The van der Waals surface area contributed by atoms with E-state index in [4.69, 9.17) is 0 Å². The molecule has 0 fully saturated rings. The van der Waals surface area contributed by atoms with E-state index in [0.29, 0.717) is 5.92 Å². The second kappa shape index (κ2) is 7.64. The van der Waals surface area contributed by atoms with Gasteiger partial charge in [-0.1, -0.05) is 86.3 Å². The second-order valence-corrected chi connectivity index (χ2v) is 9.12. The summed E-state index contributed by atoms with van der Waals surface area (Å²) in [6, 6.07) is 22.5. The van der Waals surface area contributed by atoms with E-state index in [1.54, 1.807) is 0 Å². The first-order chi connectivity index (χ1) is 15.4. The Kier molecular flexibility index (Phi) is 4.90. The molecule has 0 nitrogen and oxygen atoms in total. The Balaban J connectivity index is 1.56. The van der Waals surface area contributed by atoms with Crippen LogP contribution in [0.1, 0.15) is 60.1 Å². The molecule has 0 saturated carbocycles. The van der Waals surface area contributed by atoms with Crippen LogP contribution in [0.5, 0.6) is 0 Å². The Morgan fingerprint density at radius 2 is 1.16 bits per heavy atom. The molecule has 2 atom stereocenters. The van der Waals surface area contributed by atoms with Gasteiger partial charge < -0.3 is 0 Å². The molecule has 2 unspecified atom stereocenters. The standard InChI is InChI=1S/C32H30/c1-7-26-20(4)21(5)28-17-29-22(6)32(27(8-2)31(29)18-30(26)28)25-15-13-24(14-16-25)23-11-9-19(3)10-12-23/h7-18,20,32H,5-6H2,1-4H3/b26-7-,27-8-. The maximum Gasteiger partial charge on any atom is 0.0343 e. The lowest BCUT2D eigenvalue weighted by Crippen LogP contribution is -1.96. The largest absolute Gasteiger partial charge is 0.0946 e. The molecule has 0 saturated heterocycles.